The topological polar surface area (TPSA) is 73.5 Å². The molecule has 0 fully saturated rings. The van der Waals surface area contributed by atoms with Crippen LogP contribution in [0.2, 0.25) is 0 Å². The van der Waals surface area contributed by atoms with Gasteiger partial charge in [-0.2, -0.15) is 0 Å². The summed E-state index contributed by atoms with van der Waals surface area (Å²) in [5.41, 5.74) is 2.03. The van der Waals surface area contributed by atoms with E-state index in [4.69, 9.17) is 0 Å². The first kappa shape index (κ1) is 12.3. The maximum absolute atomic E-state index is 13.8. The largest absolute Gasteiger partial charge is 0.377 e. The molecule has 0 aliphatic heterocycles. The van der Waals surface area contributed by atoms with Crippen molar-refractivity contribution in [1.29, 1.82) is 0 Å². The van der Waals surface area contributed by atoms with E-state index in [1.807, 2.05) is 11.6 Å². The van der Waals surface area contributed by atoms with Gasteiger partial charge in [-0.1, -0.05) is 0 Å². The van der Waals surface area contributed by atoms with E-state index in [0.29, 0.717) is 17.9 Å². The average Bonchev–Trinajstić information content (AvgIpc) is 3.10. The summed E-state index contributed by atoms with van der Waals surface area (Å²) in [5, 5.41) is 13.9. The smallest absolute Gasteiger partial charge is 0.146 e. The van der Waals surface area contributed by atoms with E-state index in [2.05, 4.69) is 25.8 Å². The van der Waals surface area contributed by atoms with E-state index in [1.54, 1.807) is 24.7 Å². The van der Waals surface area contributed by atoms with E-state index >= 15 is 0 Å². The number of hydrogen-bond acceptors (Lipinski definition) is 5. The van der Waals surface area contributed by atoms with Gasteiger partial charge in [-0.25, -0.2) is 14.1 Å². The molecule has 20 heavy (non-hydrogen) atoms. The molecule has 3 aromatic rings. The Bertz CT molecular complexity index is 704. The van der Waals surface area contributed by atoms with Crippen LogP contribution in [0.3, 0.4) is 0 Å². The van der Waals surface area contributed by atoms with Crippen molar-refractivity contribution < 1.29 is 4.39 Å². The number of hydrogen-bond donors (Lipinski definition) is 1. The molecule has 0 radical (unpaired) electrons. The number of nitrogens with zero attached hydrogens (tertiary/aromatic N) is 6. The first-order chi connectivity index (χ1) is 9.74. The predicted molar refractivity (Wildman–Crippen MR) is 69.6 cm³/mol. The Morgan fingerprint density at radius 3 is 2.90 bits per heavy atom. The molecule has 1 N–H and O–H groups in total. The number of halogens is 1. The molecule has 2 heterocycles. The fourth-order valence-corrected chi connectivity index (χ4v) is 1.81. The quantitative estimate of drug-likeness (QED) is 0.772. The van der Waals surface area contributed by atoms with Crippen molar-refractivity contribution >= 4 is 5.69 Å². The Labute approximate surface area is 114 Å². The van der Waals surface area contributed by atoms with Crippen LogP contribution in [0.25, 0.3) is 5.69 Å². The number of aryl methyl sites for hydroxylation is 1. The summed E-state index contributed by atoms with van der Waals surface area (Å²) in [7, 11) is 1.89. The molecule has 102 valence electrons. The molecule has 0 spiro atoms. The van der Waals surface area contributed by atoms with Crippen LogP contribution in [0.15, 0.2) is 37.1 Å². The van der Waals surface area contributed by atoms with Crippen molar-refractivity contribution in [3.8, 4) is 5.69 Å². The standard InChI is InChI=1S/C12H12FN7/c1-19-7-14-5-10(19)6-15-12-4-9(2-3-11(12)13)20-8-16-17-18-20/h2-5,7-8,15H,6H2,1H3. The highest BCUT2D eigenvalue weighted by Crippen LogP contribution is 2.18. The Kier molecular flexibility index (Phi) is 3.12. The highest BCUT2D eigenvalue weighted by Gasteiger charge is 2.06. The third-order valence-electron chi connectivity index (χ3n) is 2.94. The van der Waals surface area contributed by atoms with Crippen LogP contribution in [0.4, 0.5) is 10.1 Å². The fourth-order valence-electron chi connectivity index (χ4n) is 1.81. The molecule has 0 saturated carbocycles. The summed E-state index contributed by atoms with van der Waals surface area (Å²) in [6.07, 6.45) is 4.89. The number of aromatic nitrogens is 6. The number of rotatable bonds is 4. The van der Waals surface area contributed by atoms with E-state index in [0.717, 1.165) is 5.69 Å². The Balaban J connectivity index is 1.82. The normalized spacial score (nSPS) is 10.7. The van der Waals surface area contributed by atoms with Gasteiger partial charge in [0.2, 0.25) is 0 Å². The molecular weight excluding hydrogens is 261 g/mol. The molecule has 2 aromatic heterocycles. The molecule has 0 bridgehead atoms. The minimum Gasteiger partial charge on any atom is -0.377 e. The van der Waals surface area contributed by atoms with Crippen molar-refractivity contribution in [1.82, 2.24) is 29.8 Å². The summed E-state index contributed by atoms with van der Waals surface area (Å²) in [6, 6.07) is 4.64. The highest BCUT2D eigenvalue weighted by atomic mass is 19.1. The molecule has 1 aromatic carbocycles. The van der Waals surface area contributed by atoms with Crippen molar-refractivity contribution in [2.45, 2.75) is 6.54 Å². The van der Waals surface area contributed by atoms with Gasteiger partial charge in [-0.3, -0.25) is 0 Å². The monoisotopic (exact) mass is 273 g/mol. The maximum Gasteiger partial charge on any atom is 0.146 e. The second-order valence-electron chi connectivity index (χ2n) is 4.27. The average molecular weight is 273 g/mol. The molecule has 7 nitrogen and oxygen atoms in total. The molecule has 8 heteroatoms. The van der Waals surface area contributed by atoms with Crippen LogP contribution < -0.4 is 5.32 Å². The lowest BCUT2D eigenvalue weighted by molar-refractivity contribution is 0.628. The first-order valence-corrected chi connectivity index (χ1v) is 5.96. The number of imidazole rings is 1. The number of tetrazole rings is 1. The van der Waals surface area contributed by atoms with Crippen molar-refractivity contribution in [2.75, 3.05) is 5.32 Å². The highest BCUT2D eigenvalue weighted by molar-refractivity contribution is 5.52. The minimum atomic E-state index is -0.330. The number of benzene rings is 1. The van der Waals surface area contributed by atoms with Crippen molar-refractivity contribution in [3.05, 3.63) is 48.6 Å². The molecule has 0 aliphatic carbocycles. The summed E-state index contributed by atoms with van der Waals surface area (Å²) < 4.78 is 17.1. The lowest BCUT2D eigenvalue weighted by atomic mass is 10.2. The maximum atomic E-state index is 13.8. The van der Waals surface area contributed by atoms with Crippen molar-refractivity contribution in [2.24, 2.45) is 7.05 Å². The predicted octanol–water partition coefficient (Wildman–Crippen LogP) is 1.15. The van der Waals surface area contributed by atoms with Crippen LogP contribution in [0, 0.1) is 5.82 Å². The molecule has 0 atom stereocenters. The fraction of sp³-hybridized carbons (Fsp3) is 0.167. The number of nitrogens with one attached hydrogen (secondary N) is 1. The summed E-state index contributed by atoms with van der Waals surface area (Å²) in [4.78, 5) is 4.01. The van der Waals surface area contributed by atoms with Crippen LogP contribution in [-0.4, -0.2) is 29.8 Å². The molecule has 0 saturated heterocycles. The summed E-state index contributed by atoms with van der Waals surface area (Å²) >= 11 is 0. The van der Waals surface area contributed by atoms with Crippen LogP contribution in [0.5, 0.6) is 0 Å². The zero-order valence-corrected chi connectivity index (χ0v) is 10.7. The second kappa shape index (κ2) is 5.08. The van der Waals surface area contributed by atoms with Gasteiger partial charge in [0.05, 0.1) is 29.9 Å². The van der Waals surface area contributed by atoms with Gasteiger partial charge in [-0.05, 0) is 28.6 Å². The van der Waals surface area contributed by atoms with E-state index in [-0.39, 0.29) is 5.82 Å². The van der Waals surface area contributed by atoms with Gasteiger partial charge in [0.25, 0.3) is 0 Å². The van der Waals surface area contributed by atoms with E-state index < -0.39 is 0 Å². The third kappa shape index (κ3) is 2.35. The molecule has 0 amide bonds. The number of anilines is 1. The Morgan fingerprint density at radius 2 is 2.20 bits per heavy atom. The molecule has 0 aliphatic rings. The van der Waals surface area contributed by atoms with Gasteiger partial charge < -0.3 is 9.88 Å². The van der Waals surface area contributed by atoms with Crippen molar-refractivity contribution in [3.63, 3.8) is 0 Å². The van der Waals surface area contributed by atoms with Gasteiger partial charge in [0.15, 0.2) is 0 Å². The summed E-state index contributed by atoms with van der Waals surface area (Å²) in [5.74, 6) is -0.330. The van der Waals surface area contributed by atoms with Gasteiger partial charge in [-0.15, -0.1) is 5.10 Å². The lowest BCUT2D eigenvalue weighted by Crippen LogP contribution is -2.06. The summed E-state index contributed by atoms with van der Waals surface area (Å²) in [6.45, 7) is 0.479. The zero-order chi connectivity index (χ0) is 13.9. The van der Waals surface area contributed by atoms with E-state index in [1.165, 1.54) is 17.1 Å². The Morgan fingerprint density at radius 1 is 1.30 bits per heavy atom. The lowest BCUT2D eigenvalue weighted by Gasteiger charge is -2.09. The molecule has 3 rings (SSSR count). The SMILES string of the molecule is Cn1cncc1CNc1cc(-n2cnnn2)ccc1F. The third-order valence-corrected chi connectivity index (χ3v) is 2.94. The van der Waals surface area contributed by atoms with E-state index in [9.17, 15) is 4.39 Å². The van der Waals surface area contributed by atoms with Crippen LogP contribution in [0.1, 0.15) is 5.69 Å². The van der Waals surface area contributed by atoms with Crippen LogP contribution >= 0.6 is 0 Å². The van der Waals surface area contributed by atoms with Gasteiger partial charge in [0.1, 0.15) is 12.1 Å². The van der Waals surface area contributed by atoms with Gasteiger partial charge in [0, 0.05) is 13.2 Å². The van der Waals surface area contributed by atoms with Crippen LogP contribution in [-0.2, 0) is 13.6 Å². The Hall–Kier alpha value is -2.77. The first-order valence-electron chi connectivity index (χ1n) is 5.96. The van der Waals surface area contributed by atoms with Gasteiger partial charge >= 0.3 is 0 Å². The minimum absolute atomic E-state index is 0.330. The molecule has 0 unspecified atom stereocenters. The second-order valence-corrected chi connectivity index (χ2v) is 4.27. The molecular formula is C12H12FN7. The zero-order valence-electron chi connectivity index (χ0n) is 10.7.